The molecule has 0 atom stereocenters. The third kappa shape index (κ3) is 3.88. The molecule has 32 heavy (non-hydrogen) atoms. The van der Waals surface area contributed by atoms with E-state index in [2.05, 4.69) is 40.3 Å². The molecular weight excluding hydrogens is 400 g/mol. The van der Waals surface area contributed by atoms with Crippen molar-refractivity contribution in [1.82, 2.24) is 9.97 Å². The van der Waals surface area contributed by atoms with Crippen molar-refractivity contribution < 1.29 is 9.47 Å². The van der Waals surface area contributed by atoms with Gasteiger partial charge in [-0.2, -0.15) is 4.98 Å². The molecule has 0 spiro atoms. The molecule has 0 fully saturated rings. The molecule has 0 aliphatic carbocycles. The number of nitrogens with one attached hydrogen (secondary N) is 1. The number of aromatic nitrogens is 2. The maximum absolute atomic E-state index is 6.06. The molecule has 6 heteroatoms. The van der Waals surface area contributed by atoms with Crippen molar-refractivity contribution >= 4 is 28.4 Å². The molecule has 4 rings (SSSR count). The van der Waals surface area contributed by atoms with Gasteiger partial charge in [0.25, 0.3) is 0 Å². The average molecular weight is 425 g/mol. The van der Waals surface area contributed by atoms with Crippen LogP contribution >= 0.6 is 0 Å². The van der Waals surface area contributed by atoms with Crippen LogP contribution in [0, 0.1) is 12.3 Å². The lowest BCUT2D eigenvalue weighted by molar-refractivity contribution is 0.357. The zero-order valence-corrected chi connectivity index (χ0v) is 18.3. The minimum atomic E-state index is 0.147. The molecule has 0 bridgehead atoms. The number of ether oxygens (including phenoxy) is 2. The molecule has 1 aromatic heterocycles. The Labute approximate surface area is 187 Å². The quantitative estimate of drug-likeness (QED) is 0.415. The van der Waals surface area contributed by atoms with Crippen LogP contribution in [0.3, 0.4) is 0 Å². The summed E-state index contributed by atoms with van der Waals surface area (Å²) in [6, 6.07) is 17.7. The number of nitrogens with zero attached hydrogens (tertiary/aromatic N) is 2. The zero-order chi connectivity index (χ0) is 22.7. The number of hydrogen-bond donors (Lipinski definition) is 2. The standard InChI is InChI=1S/C26H24N4O2/c1-5-16-9-7-11-18(13-16)22-23-20(15-21(31-3)24(22)32-4)29-26(27)30-25(23)28-19-12-8-10-17(6-2)14-19/h2,7-15H,5H2,1,3-4H3,(H3,27,28,29,30). The maximum atomic E-state index is 6.06. The van der Waals surface area contributed by atoms with Crippen molar-refractivity contribution in [3.05, 3.63) is 65.7 Å². The second kappa shape index (κ2) is 8.86. The number of terminal acetylenes is 1. The van der Waals surface area contributed by atoms with E-state index in [0.29, 0.717) is 22.8 Å². The van der Waals surface area contributed by atoms with Crippen LogP contribution in [-0.2, 0) is 6.42 Å². The second-order valence-electron chi connectivity index (χ2n) is 7.22. The molecule has 3 N–H and O–H groups in total. The van der Waals surface area contributed by atoms with Gasteiger partial charge in [0.2, 0.25) is 5.95 Å². The number of hydrogen-bond acceptors (Lipinski definition) is 6. The highest BCUT2D eigenvalue weighted by Gasteiger charge is 2.22. The van der Waals surface area contributed by atoms with Gasteiger partial charge in [-0.3, -0.25) is 0 Å². The molecule has 0 saturated heterocycles. The fraction of sp³-hybridized carbons (Fsp3) is 0.154. The van der Waals surface area contributed by atoms with Crippen LogP contribution in [0.4, 0.5) is 17.5 Å². The summed E-state index contributed by atoms with van der Waals surface area (Å²) in [5.41, 5.74) is 11.3. The van der Waals surface area contributed by atoms with Crippen LogP contribution < -0.4 is 20.5 Å². The highest BCUT2D eigenvalue weighted by atomic mass is 16.5. The van der Waals surface area contributed by atoms with Crippen molar-refractivity contribution in [2.24, 2.45) is 0 Å². The van der Waals surface area contributed by atoms with Crippen LogP contribution in [0.25, 0.3) is 22.0 Å². The van der Waals surface area contributed by atoms with Crippen molar-refractivity contribution in [2.45, 2.75) is 13.3 Å². The van der Waals surface area contributed by atoms with Gasteiger partial charge in [-0.1, -0.05) is 43.2 Å². The van der Waals surface area contributed by atoms with E-state index in [0.717, 1.165) is 34.2 Å². The first kappa shape index (κ1) is 21.0. The molecule has 1 heterocycles. The largest absolute Gasteiger partial charge is 0.493 e. The molecule has 0 aliphatic rings. The van der Waals surface area contributed by atoms with E-state index in [1.807, 2.05) is 42.5 Å². The summed E-state index contributed by atoms with van der Waals surface area (Å²) in [4.78, 5) is 9.00. The van der Waals surface area contributed by atoms with E-state index in [4.69, 9.17) is 21.6 Å². The van der Waals surface area contributed by atoms with E-state index < -0.39 is 0 Å². The monoisotopic (exact) mass is 424 g/mol. The topological polar surface area (TPSA) is 82.3 Å². The number of anilines is 3. The molecule has 0 unspecified atom stereocenters. The second-order valence-corrected chi connectivity index (χ2v) is 7.22. The minimum absolute atomic E-state index is 0.147. The molecule has 0 radical (unpaired) electrons. The van der Waals surface area contributed by atoms with Crippen LogP contribution in [0.5, 0.6) is 11.5 Å². The predicted molar refractivity (Wildman–Crippen MR) is 130 cm³/mol. The van der Waals surface area contributed by atoms with E-state index in [1.165, 1.54) is 5.56 Å². The Hall–Kier alpha value is -4.24. The summed E-state index contributed by atoms with van der Waals surface area (Å²) in [5, 5.41) is 4.14. The summed E-state index contributed by atoms with van der Waals surface area (Å²) in [6.45, 7) is 2.12. The molecule has 0 aliphatic heterocycles. The third-order valence-corrected chi connectivity index (χ3v) is 5.26. The molecule has 0 saturated carbocycles. The number of methoxy groups -OCH3 is 2. The summed E-state index contributed by atoms with van der Waals surface area (Å²) in [5.74, 6) is 4.52. The lowest BCUT2D eigenvalue weighted by Crippen LogP contribution is -2.04. The van der Waals surface area contributed by atoms with Gasteiger partial charge in [0.15, 0.2) is 11.5 Å². The normalized spacial score (nSPS) is 10.6. The first-order valence-electron chi connectivity index (χ1n) is 10.2. The third-order valence-electron chi connectivity index (χ3n) is 5.26. The summed E-state index contributed by atoms with van der Waals surface area (Å²) in [7, 11) is 3.23. The van der Waals surface area contributed by atoms with Crippen LogP contribution in [0.15, 0.2) is 54.6 Å². The number of fused-ring (bicyclic) bond motifs is 1. The van der Waals surface area contributed by atoms with Gasteiger partial charge in [-0.05, 0) is 35.7 Å². The van der Waals surface area contributed by atoms with E-state index in [-0.39, 0.29) is 5.95 Å². The fourth-order valence-electron chi connectivity index (χ4n) is 3.76. The summed E-state index contributed by atoms with van der Waals surface area (Å²) >= 11 is 0. The lowest BCUT2D eigenvalue weighted by atomic mass is 9.96. The van der Waals surface area contributed by atoms with Gasteiger partial charge in [-0.15, -0.1) is 6.42 Å². The van der Waals surface area contributed by atoms with Crippen LogP contribution in [0.1, 0.15) is 18.1 Å². The Balaban J connectivity index is 2.05. The van der Waals surface area contributed by atoms with Gasteiger partial charge in [0.05, 0.1) is 25.1 Å². The molecule has 160 valence electrons. The number of rotatable bonds is 6. The van der Waals surface area contributed by atoms with E-state index in [1.54, 1.807) is 14.2 Å². The molecule has 0 amide bonds. The van der Waals surface area contributed by atoms with Crippen molar-refractivity contribution in [3.63, 3.8) is 0 Å². The average Bonchev–Trinajstić information content (AvgIpc) is 2.82. The predicted octanol–water partition coefficient (Wildman–Crippen LogP) is 5.18. The number of nitrogen functional groups attached to an aromatic ring is 1. The van der Waals surface area contributed by atoms with Gasteiger partial charge in [0.1, 0.15) is 5.82 Å². The lowest BCUT2D eigenvalue weighted by Gasteiger charge is -2.19. The Bertz CT molecular complexity index is 1340. The minimum Gasteiger partial charge on any atom is -0.493 e. The maximum Gasteiger partial charge on any atom is 0.222 e. The Kier molecular flexibility index (Phi) is 5.82. The molecule has 3 aromatic carbocycles. The zero-order valence-electron chi connectivity index (χ0n) is 18.3. The van der Waals surface area contributed by atoms with Gasteiger partial charge in [0, 0.05) is 22.9 Å². The van der Waals surface area contributed by atoms with E-state index in [9.17, 15) is 0 Å². The molecule has 4 aromatic rings. The first-order chi connectivity index (χ1) is 15.6. The Morgan fingerprint density at radius 3 is 2.56 bits per heavy atom. The molecular formula is C26H24N4O2. The first-order valence-corrected chi connectivity index (χ1v) is 10.2. The van der Waals surface area contributed by atoms with Crippen molar-refractivity contribution in [1.29, 1.82) is 0 Å². The summed E-state index contributed by atoms with van der Waals surface area (Å²) < 4.78 is 11.4. The van der Waals surface area contributed by atoms with Gasteiger partial charge < -0.3 is 20.5 Å². The van der Waals surface area contributed by atoms with Gasteiger partial charge >= 0.3 is 0 Å². The smallest absolute Gasteiger partial charge is 0.222 e. The van der Waals surface area contributed by atoms with Crippen LogP contribution in [0.2, 0.25) is 0 Å². The highest BCUT2D eigenvalue weighted by Crippen LogP contribution is 2.46. The number of nitrogens with two attached hydrogens (primary N) is 1. The van der Waals surface area contributed by atoms with Crippen LogP contribution in [-0.4, -0.2) is 24.2 Å². The van der Waals surface area contributed by atoms with Crippen molar-refractivity contribution in [3.8, 4) is 35.0 Å². The number of benzene rings is 3. The Morgan fingerprint density at radius 2 is 1.84 bits per heavy atom. The molecule has 6 nitrogen and oxygen atoms in total. The summed E-state index contributed by atoms with van der Waals surface area (Å²) in [6.07, 6.45) is 6.48. The van der Waals surface area contributed by atoms with Crippen molar-refractivity contribution in [2.75, 3.05) is 25.3 Å². The number of aryl methyl sites for hydroxylation is 1. The Morgan fingerprint density at radius 1 is 1.03 bits per heavy atom. The SMILES string of the molecule is C#Cc1cccc(Nc2nc(N)nc3cc(OC)c(OC)c(-c4cccc(CC)c4)c23)c1. The fourth-order valence-corrected chi connectivity index (χ4v) is 3.76. The highest BCUT2D eigenvalue weighted by molar-refractivity contribution is 6.07. The van der Waals surface area contributed by atoms with Gasteiger partial charge in [-0.25, -0.2) is 4.98 Å². The van der Waals surface area contributed by atoms with E-state index >= 15 is 0 Å².